The van der Waals surface area contributed by atoms with Gasteiger partial charge >= 0.3 is 0 Å². The van der Waals surface area contributed by atoms with E-state index in [1.165, 1.54) is 33.4 Å². The van der Waals surface area contributed by atoms with Crippen LogP contribution in [0.4, 0.5) is 0 Å². The predicted molar refractivity (Wildman–Crippen MR) is 286 cm³/mol. The van der Waals surface area contributed by atoms with E-state index in [4.69, 9.17) is 25.3 Å². The molecule has 0 bridgehead atoms. The SMILES string of the molecule is C.CCc1ccc(C(O)c2ccccc2OC)cc1.CCc1ccc(Cc2ccccc2O)cc1.CCc1ccc(Cc2ccccc2OC)cc1.COc1ccccc1C=O.C[Si](C)(C)Cl. The minimum atomic E-state index is -1.14. The van der Waals surface area contributed by atoms with Gasteiger partial charge in [0.05, 0.1) is 26.9 Å². The van der Waals surface area contributed by atoms with Crippen LogP contribution in [-0.4, -0.2) is 45.2 Å². The number of methoxy groups -OCH3 is 3. The van der Waals surface area contributed by atoms with Crippen molar-refractivity contribution in [2.24, 2.45) is 0 Å². The Balaban J connectivity index is 0.000000299. The van der Waals surface area contributed by atoms with Gasteiger partial charge in [0.1, 0.15) is 36.5 Å². The number of aryl methyl sites for hydroxylation is 3. The molecule has 0 radical (unpaired) electrons. The van der Waals surface area contributed by atoms with Gasteiger partial charge < -0.3 is 24.4 Å². The molecule has 2 N–H and O–H groups in total. The number of halogens is 1. The van der Waals surface area contributed by atoms with Gasteiger partial charge in [-0.15, -0.1) is 0 Å². The quantitative estimate of drug-likeness (QED) is 0.0681. The summed E-state index contributed by atoms with van der Waals surface area (Å²) < 4.78 is 15.5. The number of aromatic hydroxyl groups is 1. The second-order valence-corrected chi connectivity index (χ2v) is 23.8. The van der Waals surface area contributed by atoms with Gasteiger partial charge in [-0.3, -0.25) is 4.79 Å². The number of aliphatic hydroxyl groups excluding tert-OH is 1. The van der Waals surface area contributed by atoms with Crippen molar-refractivity contribution in [3.8, 4) is 23.0 Å². The van der Waals surface area contributed by atoms with Crippen molar-refractivity contribution >= 4 is 24.7 Å². The molecule has 8 heteroatoms. The highest BCUT2D eigenvalue weighted by Gasteiger charge is 2.14. The number of rotatable bonds is 13. The smallest absolute Gasteiger partial charge is 0.153 e. The molecule has 6 nitrogen and oxygen atoms in total. The zero-order valence-electron chi connectivity index (χ0n) is 40.3. The third-order valence-electron chi connectivity index (χ3n) is 10.2. The highest BCUT2D eigenvalue weighted by molar-refractivity contribution is 7.18. The molecule has 7 aromatic rings. The van der Waals surface area contributed by atoms with Gasteiger partial charge in [0.25, 0.3) is 0 Å². The zero-order chi connectivity index (χ0) is 48.3. The summed E-state index contributed by atoms with van der Waals surface area (Å²) in [5.41, 5.74) is 11.0. The zero-order valence-corrected chi connectivity index (χ0v) is 42.0. The van der Waals surface area contributed by atoms with Crippen LogP contribution in [0.25, 0.3) is 0 Å². The Labute approximate surface area is 407 Å². The maximum atomic E-state index is 10.4. The average molecular weight is 942 g/mol. The van der Waals surface area contributed by atoms with Crippen LogP contribution in [0, 0.1) is 0 Å². The number of para-hydroxylation sites is 4. The Bertz CT molecular complexity index is 2420. The fraction of sp³-hybridized carbons (Fsp3) is 0.271. The molecule has 0 heterocycles. The minimum absolute atomic E-state index is 0. The van der Waals surface area contributed by atoms with Gasteiger partial charge in [0.2, 0.25) is 0 Å². The summed E-state index contributed by atoms with van der Waals surface area (Å²) in [6.07, 6.45) is 5.01. The first-order chi connectivity index (χ1) is 31.8. The van der Waals surface area contributed by atoms with E-state index in [2.05, 4.69) is 101 Å². The van der Waals surface area contributed by atoms with Crippen molar-refractivity contribution in [2.45, 2.75) is 86.0 Å². The van der Waals surface area contributed by atoms with E-state index in [0.29, 0.717) is 22.8 Å². The Kier molecular flexibility index (Phi) is 26.3. The number of hydrogen-bond acceptors (Lipinski definition) is 6. The van der Waals surface area contributed by atoms with Gasteiger partial charge in [-0.1, -0.05) is 187 Å². The topological polar surface area (TPSA) is 85.2 Å². The summed E-state index contributed by atoms with van der Waals surface area (Å²) in [6, 6.07) is 55.7. The second kappa shape index (κ2) is 31.0. The molecule has 1 unspecified atom stereocenters. The number of ether oxygens (including phenoxy) is 3. The normalized spacial score (nSPS) is 10.6. The summed E-state index contributed by atoms with van der Waals surface area (Å²) in [7, 11) is 3.74. The Morgan fingerprint density at radius 3 is 1.30 bits per heavy atom. The van der Waals surface area contributed by atoms with Gasteiger partial charge in [0.15, 0.2) is 6.29 Å². The van der Waals surface area contributed by atoms with Crippen LogP contribution in [0.3, 0.4) is 0 Å². The molecule has 0 aromatic heterocycles. The molecule has 0 aliphatic rings. The summed E-state index contributed by atoms with van der Waals surface area (Å²) in [4.78, 5) is 10.3. The van der Waals surface area contributed by atoms with Crippen LogP contribution in [0.5, 0.6) is 23.0 Å². The number of hydrogen-bond donors (Lipinski definition) is 2. The van der Waals surface area contributed by atoms with E-state index in [9.17, 15) is 15.0 Å². The van der Waals surface area contributed by atoms with Crippen molar-refractivity contribution < 1.29 is 29.2 Å². The molecule has 356 valence electrons. The molecule has 1 atom stereocenters. The van der Waals surface area contributed by atoms with E-state index < -0.39 is 13.5 Å². The van der Waals surface area contributed by atoms with E-state index in [-0.39, 0.29) is 7.43 Å². The van der Waals surface area contributed by atoms with Crippen LogP contribution in [-0.2, 0) is 32.1 Å². The number of carbonyl (C=O) groups excluding carboxylic acids is 1. The Morgan fingerprint density at radius 1 is 0.507 bits per heavy atom. The molecule has 0 aliphatic heterocycles. The fourth-order valence-corrected chi connectivity index (χ4v) is 6.51. The maximum absolute atomic E-state index is 10.4. The molecule has 0 amide bonds. The number of benzene rings is 7. The summed E-state index contributed by atoms with van der Waals surface area (Å²) in [5, 5.41) is 20.1. The first kappa shape index (κ1) is 57.0. The van der Waals surface area contributed by atoms with Crippen LogP contribution in [0.1, 0.15) is 94.7 Å². The largest absolute Gasteiger partial charge is 0.508 e. The highest BCUT2D eigenvalue weighted by Crippen LogP contribution is 2.30. The van der Waals surface area contributed by atoms with Crippen molar-refractivity contribution in [2.75, 3.05) is 21.3 Å². The van der Waals surface area contributed by atoms with E-state index in [1.54, 1.807) is 45.6 Å². The lowest BCUT2D eigenvalue weighted by molar-refractivity contribution is 0.112. The van der Waals surface area contributed by atoms with Crippen molar-refractivity contribution in [3.63, 3.8) is 0 Å². The minimum Gasteiger partial charge on any atom is -0.508 e. The third kappa shape index (κ3) is 20.9. The first-order valence-electron chi connectivity index (χ1n) is 22.5. The van der Waals surface area contributed by atoms with Crippen LogP contribution in [0.2, 0.25) is 19.6 Å². The van der Waals surface area contributed by atoms with Gasteiger partial charge in [0, 0.05) is 18.4 Å². The number of aldehydes is 1. The van der Waals surface area contributed by atoms with Gasteiger partial charge in [-0.2, -0.15) is 11.1 Å². The molecular weight excluding hydrogens is 868 g/mol. The van der Waals surface area contributed by atoms with Gasteiger partial charge in [-0.05, 0) is 94.1 Å². The number of aliphatic hydroxyl groups is 1. The number of phenolic OH excluding ortho intramolecular Hbond substituents is 1. The fourth-order valence-electron chi connectivity index (χ4n) is 6.51. The average Bonchev–Trinajstić information content (AvgIpc) is 3.35. The standard InChI is InChI=1S/C16H18O2.C16H18O.C15H16O.C8H8O2.C3H9ClSi.CH4/c1-3-12-8-10-13(11-9-12)16(17)14-6-4-5-7-15(14)18-2;1-3-13-8-10-14(11-9-13)12-15-6-4-5-7-16(15)17-2;1-2-12-7-9-13(10-8-12)11-14-5-3-4-6-15(14)16;1-10-8-5-3-2-4-7(8)6-9;1-5(2,3)4;/h4-11,16-17H,3H2,1-2H3;4-11H,3,12H2,1-2H3;3-10,16H,2,11H2,1H3;2-6H,1H3;1-3H3;1H4. The Morgan fingerprint density at radius 2 is 0.866 bits per heavy atom. The summed E-state index contributed by atoms with van der Waals surface area (Å²) >= 11 is 5.67. The molecule has 0 saturated heterocycles. The molecular formula is C59H73ClO6Si. The maximum Gasteiger partial charge on any atom is 0.153 e. The molecule has 0 saturated carbocycles. The molecule has 0 spiro atoms. The Hall–Kier alpha value is -6.12. The third-order valence-corrected chi connectivity index (χ3v) is 10.2. The molecule has 7 aromatic carbocycles. The lowest BCUT2D eigenvalue weighted by Gasteiger charge is -2.15. The van der Waals surface area contributed by atoms with Crippen LogP contribution in [0.15, 0.2) is 170 Å². The van der Waals surface area contributed by atoms with E-state index in [0.717, 1.165) is 60.8 Å². The lowest BCUT2D eigenvalue weighted by atomic mass is 9.99. The summed E-state index contributed by atoms with van der Waals surface area (Å²) in [5.74, 6) is 2.68. The van der Waals surface area contributed by atoms with E-state index >= 15 is 0 Å². The van der Waals surface area contributed by atoms with E-state index in [1.807, 2.05) is 84.9 Å². The van der Waals surface area contributed by atoms with Crippen LogP contribution >= 0.6 is 11.1 Å². The highest BCUT2D eigenvalue weighted by atomic mass is 35.6. The molecule has 7 rings (SSSR count). The predicted octanol–water partition coefficient (Wildman–Crippen LogP) is 14.9. The summed E-state index contributed by atoms with van der Waals surface area (Å²) in [6.45, 7) is 12.7. The van der Waals surface area contributed by atoms with Crippen molar-refractivity contribution in [3.05, 3.63) is 225 Å². The van der Waals surface area contributed by atoms with Gasteiger partial charge in [-0.25, -0.2) is 0 Å². The number of carbonyl (C=O) groups is 1. The van der Waals surface area contributed by atoms with Crippen LogP contribution < -0.4 is 14.2 Å². The van der Waals surface area contributed by atoms with Crippen molar-refractivity contribution in [1.82, 2.24) is 0 Å². The lowest BCUT2D eigenvalue weighted by Crippen LogP contribution is -2.06. The number of phenols is 1. The van der Waals surface area contributed by atoms with Crippen molar-refractivity contribution in [1.29, 1.82) is 0 Å². The monoisotopic (exact) mass is 940 g/mol. The molecule has 0 fully saturated rings. The first-order valence-corrected chi connectivity index (χ1v) is 27.0. The molecule has 0 aliphatic carbocycles. The molecule has 67 heavy (non-hydrogen) atoms. The second-order valence-electron chi connectivity index (χ2n) is 16.3.